The zero-order valence-electron chi connectivity index (χ0n) is 13.4. The largest absolute Gasteiger partial charge is 0.371 e. The molecule has 0 spiro atoms. The predicted molar refractivity (Wildman–Crippen MR) is 88.4 cm³/mol. The van der Waals surface area contributed by atoms with Gasteiger partial charge in [-0.15, -0.1) is 0 Å². The van der Waals surface area contributed by atoms with E-state index in [-0.39, 0.29) is 0 Å². The van der Waals surface area contributed by atoms with Gasteiger partial charge in [0.1, 0.15) is 0 Å². The number of hydrogen-bond donors (Lipinski definition) is 1. The lowest BCUT2D eigenvalue weighted by atomic mass is 9.84. The molecular weight excluding hydrogens is 244 g/mol. The lowest BCUT2D eigenvalue weighted by Gasteiger charge is -2.33. The highest BCUT2D eigenvalue weighted by Crippen LogP contribution is 2.30. The number of nitrogens with zero attached hydrogens (tertiary/aromatic N) is 1. The van der Waals surface area contributed by atoms with Crippen LogP contribution in [-0.4, -0.2) is 19.6 Å². The smallest absolute Gasteiger partial charge is 0.0398 e. The highest BCUT2D eigenvalue weighted by atomic mass is 15.1. The van der Waals surface area contributed by atoms with Crippen LogP contribution >= 0.6 is 0 Å². The SMILES string of the molecule is Cc1ccc2c(c1)CCCN2CCCC(C)(C)CCN. The summed E-state index contributed by atoms with van der Waals surface area (Å²) in [5, 5.41) is 0. The molecule has 2 N–H and O–H groups in total. The maximum absolute atomic E-state index is 5.70. The molecule has 1 aliphatic rings. The topological polar surface area (TPSA) is 29.3 Å². The van der Waals surface area contributed by atoms with Gasteiger partial charge < -0.3 is 10.6 Å². The van der Waals surface area contributed by atoms with E-state index < -0.39 is 0 Å². The van der Waals surface area contributed by atoms with Crippen LogP contribution in [0.25, 0.3) is 0 Å². The van der Waals surface area contributed by atoms with E-state index in [1.165, 1.54) is 55.6 Å². The Hall–Kier alpha value is -1.02. The fourth-order valence-electron chi connectivity index (χ4n) is 3.30. The number of rotatable bonds is 6. The second kappa shape index (κ2) is 6.62. The maximum atomic E-state index is 5.70. The third-order valence-corrected chi connectivity index (χ3v) is 4.55. The van der Waals surface area contributed by atoms with Gasteiger partial charge in [0.25, 0.3) is 0 Å². The van der Waals surface area contributed by atoms with Crippen LogP contribution in [0.1, 0.15) is 50.7 Å². The van der Waals surface area contributed by atoms with E-state index in [1.54, 1.807) is 0 Å². The molecule has 0 aromatic heterocycles. The van der Waals surface area contributed by atoms with Gasteiger partial charge in [0.05, 0.1) is 0 Å². The van der Waals surface area contributed by atoms with Crippen molar-refractivity contribution in [3.63, 3.8) is 0 Å². The van der Waals surface area contributed by atoms with Crippen molar-refractivity contribution in [1.29, 1.82) is 0 Å². The third-order valence-electron chi connectivity index (χ3n) is 4.55. The molecule has 0 saturated carbocycles. The van der Waals surface area contributed by atoms with Gasteiger partial charge in [-0.2, -0.15) is 0 Å². The van der Waals surface area contributed by atoms with Gasteiger partial charge in [-0.3, -0.25) is 0 Å². The van der Waals surface area contributed by atoms with Gasteiger partial charge in [0, 0.05) is 18.8 Å². The Morgan fingerprint density at radius 3 is 2.80 bits per heavy atom. The van der Waals surface area contributed by atoms with Gasteiger partial charge in [-0.05, 0) is 62.6 Å². The highest BCUT2D eigenvalue weighted by Gasteiger charge is 2.19. The number of aryl methyl sites for hydroxylation is 2. The van der Waals surface area contributed by atoms with Gasteiger partial charge in [-0.25, -0.2) is 0 Å². The zero-order chi connectivity index (χ0) is 14.6. The molecule has 0 fully saturated rings. The van der Waals surface area contributed by atoms with E-state index in [0.717, 1.165) is 13.0 Å². The summed E-state index contributed by atoms with van der Waals surface area (Å²) in [5.74, 6) is 0. The molecule has 0 radical (unpaired) electrons. The first kappa shape index (κ1) is 15.4. The fourth-order valence-corrected chi connectivity index (χ4v) is 3.30. The molecule has 1 heterocycles. The molecule has 2 heteroatoms. The van der Waals surface area contributed by atoms with Gasteiger partial charge in [0.2, 0.25) is 0 Å². The van der Waals surface area contributed by atoms with E-state index in [9.17, 15) is 0 Å². The standard InChI is InChI=1S/C18H30N2/c1-15-7-8-17-16(14-15)6-4-12-20(17)13-5-9-18(2,3)10-11-19/h7-8,14H,4-6,9-13,19H2,1-3H3. The van der Waals surface area contributed by atoms with Gasteiger partial charge >= 0.3 is 0 Å². The Labute approximate surface area is 124 Å². The lowest BCUT2D eigenvalue weighted by molar-refractivity contribution is 0.305. The van der Waals surface area contributed by atoms with E-state index in [4.69, 9.17) is 5.73 Å². The quantitative estimate of drug-likeness (QED) is 0.852. The van der Waals surface area contributed by atoms with Crippen LogP contribution in [0.4, 0.5) is 5.69 Å². The average Bonchev–Trinajstić information content (AvgIpc) is 2.38. The van der Waals surface area contributed by atoms with Gasteiger partial charge in [0.15, 0.2) is 0 Å². The lowest BCUT2D eigenvalue weighted by Crippen LogP contribution is -2.31. The molecule has 0 unspecified atom stereocenters. The Kier molecular flexibility index (Phi) is 5.09. The predicted octanol–water partition coefficient (Wildman–Crippen LogP) is 3.90. The molecule has 0 amide bonds. The molecule has 0 aliphatic carbocycles. The van der Waals surface area contributed by atoms with Crippen LogP contribution in [0.3, 0.4) is 0 Å². The molecule has 2 rings (SSSR count). The number of fused-ring (bicyclic) bond motifs is 1. The summed E-state index contributed by atoms with van der Waals surface area (Å²) in [6.07, 6.45) is 6.19. The highest BCUT2D eigenvalue weighted by molar-refractivity contribution is 5.56. The second-order valence-electron chi connectivity index (χ2n) is 7.03. The summed E-state index contributed by atoms with van der Waals surface area (Å²) in [4.78, 5) is 2.58. The van der Waals surface area contributed by atoms with Crippen molar-refractivity contribution in [2.45, 2.75) is 52.9 Å². The summed E-state index contributed by atoms with van der Waals surface area (Å²) in [5.41, 5.74) is 10.5. The molecule has 1 aliphatic heterocycles. The number of hydrogen-bond acceptors (Lipinski definition) is 2. The summed E-state index contributed by atoms with van der Waals surface area (Å²) in [6.45, 7) is 10.1. The van der Waals surface area contributed by atoms with Crippen LogP contribution in [0, 0.1) is 12.3 Å². The van der Waals surface area contributed by atoms with Crippen LogP contribution in [-0.2, 0) is 6.42 Å². The minimum atomic E-state index is 0.390. The second-order valence-corrected chi connectivity index (χ2v) is 7.03. The van der Waals surface area contributed by atoms with Crippen molar-refractivity contribution in [3.05, 3.63) is 29.3 Å². The van der Waals surface area contributed by atoms with Crippen LogP contribution in [0.5, 0.6) is 0 Å². The van der Waals surface area contributed by atoms with Gasteiger partial charge in [-0.1, -0.05) is 31.5 Å². The molecule has 0 bridgehead atoms. The average molecular weight is 274 g/mol. The van der Waals surface area contributed by atoms with Crippen molar-refractivity contribution in [1.82, 2.24) is 0 Å². The molecule has 0 saturated heterocycles. The molecule has 1 aromatic carbocycles. The number of nitrogens with two attached hydrogens (primary N) is 1. The molecule has 20 heavy (non-hydrogen) atoms. The maximum Gasteiger partial charge on any atom is 0.0398 e. The Bertz CT molecular complexity index is 437. The van der Waals surface area contributed by atoms with E-state index >= 15 is 0 Å². The number of benzene rings is 1. The van der Waals surface area contributed by atoms with Crippen molar-refractivity contribution in [2.24, 2.45) is 11.1 Å². The Morgan fingerprint density at radius 2 is 2.05 bits per heavy atom. The van der Waals surface area contributed by atoms with Crippen LogP contribution in [0.2, 0.25) is 0 Å². The summed E-state index contributed by atoms with van der Waals surface area (Å²) in [7, 11) is 0. The summed E-state index contributed by atoms with van der Waals surface area (Å²) >= 11 is 0. The van der Waals surface area contributed by atoms with E-state index in [1.807, 2.05) is 0 Å². The van der Waals surface area contributed by atoms with Crippen molar-refractivity contribution in [3.8, 4) is 0 Å². The molecule has 0 atom stereocenters. The normalized spacial score (nSPS) is 15.3. The Balaban J connectivity index is 1.92. The monoisotopic (exact) mass is 274 g/mol. The first-order valence-corrected chi connectivity index (χ1v) is 8.06. The fraction of sp³-hybridized carbons (Fsp3) is 0.667. The minimum absolute atomic E-state index is 0.390. The minimum Gasteiger partial charge on any atom is -0.371 e. The molecular formula is C18H30N2. The van der Waals surface area contributed by atoms with E-state index in [0.29, 0.717) is 5.41 Å². The van der Waals surface area contributed by atoms with Crippen molar-refractivity contribution in [2.75, 3.05) is 24.5 Å². The van der Waals surface area contributed by atoms with Crippen LogP contribution in [0.15, 0.2) is 18.2 Å². The zero-order valence-corrected chi connectivity index (χ0v) is 13.4. The van der Waals surface area contributed by atoms with Crippen molar-refractivity contribution >= 4 is 5.69 Å². The Morgan fingerprint density at radius 1 is 1.25 bits per heavy atom. The van der Waals surface area contributed by atoms with E-state index in [2.05, 4.69) is 43.9 Å². The first-order chi connectivity index (χ1) is 9.52. The van der Waals surface area contributed by atoms with Crippen molar-refractivity contribution < 1.29 is 0 Å². The summed E-state index contributed by atoms with van der Waals surface area (Å²) < 4.78 is 0. The molecule has 112 valence electrons. The third kappa shape index (κ3) is 3.99. The van der Waals surface area contributed by atoms with Crippen LogP contribution < -0.4 is 10.6 Å². The first-order valence-electron chi connectivity index (χ1n) is 8.06. The molecule has 1 aromatic rings. The number of anilines is 1. The molecule has 2 nitrogen and oxygen atoms in total. The summed E-state index contributed by atoms with van der Waals surface area (Å²) in [6, 6.07) is 6.92.